The standard InChI is InChI=1S/C24H15FN4O2S/c1-2-31-23-16(12-26)17(13-6-4-3-5-7-13)18-19-20(32-24(18)29-23)22(30)28-21(27-19)14-8-10-15(25)11-9-14/h3-11H,2H2,1H3,(H,27,28,30). The fourth-order valence-corrected chi connectivity index (χ4v) is 4.65. The number of H-pyrrole nitrogens is 1. The number of hydrogen-bond acceptors (Lipinski definition) is 6. The Morgan fingerprint density at radius 2 is 1.84 bits per heavy atom. The summed E-state index contributed by atoms with van der Waals surface area (Å²) < 4.78 is 19.4. The molecule has 0 radical (unpaired) electrons. The lowest BCUT2D eigenvalue weighted by molar-refractivity contribution is 0.327. The molecule has 0 fully saturated rings. The summed E-state index contributed by atoms with van der Waals surface area (Å²) in [5.41, 5.74) is 2.39. The Labute approximate surface area is 185 Å². The molecule has 1 N–H and O–H groups in total. The van der Waals surface area contributed by atoms with Crippen molar-refractivity contribution in [3.8, 4) is 34.5 Å². The summed E-state index contributed by atoms with van der Waals surface area (Å²) >= 11 is 1.20. The van der Waals surface area contributed by atoms with E-state index < -0.39 is 0 Å². The highest BCUT2D eigenvalue weighted by Crippen LogP contribution is 2.42. The molecule has 0 atom stereocenters. The summed E-state index contributed by atoms with van der Waals surface area (Å²) in [6.07, 6.45) is 0. The summed E-state index contributed by atoms with van der Waals surface area (Å²) in [4.78, 5) is 25.5. The Morgan fingerprint density at radius 1 is 1.09 bits per heavy atom. The van der Waals surface area contributed by atoms with E-state index in [0.717, 1.165) is 5.56 Å². The first-order valence-corrected chi connectivity index (χ1v) is 10.7. The normalized spacial score (nSPS) is 11.0. The molecule has 3 heterocycles. The van der Waals surface area contributed by atoms with Crippen LogP contribution >= 0.6 is 11.3 Å². The van der Waals surface area contributed by atoms with Gasteiger partial charge in [-0.25, -0.2) is 14.4 Å². The van der Waals surface area contributed by atoms with Gasteiger partial charge in [-0.3, -0.25) is 4.79 Å². The third-order valence-corrected chi connectivity index (χ3v) is 6.09. The van der Waals surface area contributed by atoms with E-state index in [1.165, 1.54) is 23.5 Å². The zero-order chi connectivity index (χ0) is 22.2. The van der Waals surface area contributed by atoms with Crippen LogP contribution in [0.3, 0.4) is 0 Å². The van der Waals surface area contributed by atoms with Crippen LogP contribution in [-0.4, -0.2) is 21.6 Å². The van der Waals surface area contributed by atoms with Gasteiger partial charge in [0.25, 0.3) is 5.56 Å². The van der Waals surface area contributed by atoms with Crippen molar-refractivity contribution in [3.05, 3.63) is 76.3 Å². The summed E-state index contributed by atoms with van der Waals surface area (Å²) in [7, 11) is 0. The molecular formula is C24H15FN4O2S. The Morgan fingerprint density at radius 3 is 2.53 bits per heavy atom. The molecular weight excluding hydrogens is 427 g/mol. The smallest absolute Gasteiger partial charge is 0.269 e. The number of thiophene rings is 1. The monoisotopic (exact) mass is 442 g/mol. The Hall–Kier alpha value is -4.09. The number of benzene rings is 2. The number of rotatable bonds is 4. The summed E-state index contributed by atoms with van der Waals surface area (Å²) in [5, 5.41) is 10.6. The summed E-state index contributed by atoms with van der Waals surface area (Å²) in [6, 6.07) is 17.4. The minimum atomic E-state index is -0.379. The van der Waals surface area contributed by atoms with E-state index in [4.69, 9.17) is 9.72 Å². The van der Waals surface area contributed by atoms with Crippen LogP contribution in [0.1, 0.15) is 12.5 Å². The number of aromatic nitrogens is 3. The van der Waals surface area contributed by atoms with Gasteiger partial charge in [0.15, 0.2) is 0 Å². The Balaban J connectivity index is 1.92. The van der Waals surface area contributed by atoms with Gasteiger partial charge >= 0.3 is 0 Å². The number of nitriles is 1. The van der Waals surface area contributed by atoms with E-state index in [0.29, 0.717) is 44.0 Å². The fraction of sp³-hybridized carbons (Fsp3) is 0.0833. The second kappa shape index (κ2) is 7.87. The van der Waals surface area contributed by atoms with Crippen molar-refractivity contribution in [2.75, 3.05) is 6.61 Å². The molecule has 5 rings (SSSR count). The van der Waals surface area contributed by atoms with Crippen molar-refractivity contribution in [2.24, 2.45) is 0 Å². The molecule has 0 spiro atoms. The maximum Gasteiger partial charge on any atom is 0.269 e. The van der Waals surface area contributed by atoms with Gasteiger partial charge in [-0.2, -0.15) is 5.26 Å². The first-order valence-electron chi connectivity index (χ1n) is 9.85. The number of fused-ring (bicyclic) bond motifs is 3. The van der Waals surface area contributed by atoms with Crippen LogP contribution in [-0.2, 0) is 0 Å². The van der Waals surface area contributed by atoms with Crippen LogP contribution in [0.4, 0.5) is 4.39 Å². The summed E-state index contributed by atoms with van der Waals surface area (Å²) in [5.74, 6) is 0.160. The minimum absolute atomic E-state index is 0.225. The van der Waals surface area contributed by atoms with Crippen molar-refractivity contribution in [1.82, 2.24) is 15.0 Å². The Kier molecular flexibility index (Phi) is 4.88. The molecule has 0 bridgehead atoms. The molecule has 156 valence electrons. The number of ether oxygens (including phenoxy) is 1. The second-order valence-corrected chi connectivity index (χ2v) is 7.96. The number of aromatic amines is 1. The molecule has 0 saturated carbocycles. The fourth-order valence-electron chi connectivity index (χ4n) is 3.64. The molecule has 0 aliphatic rings. The third kappa shape index (κ3) is 3.20. The highest BCUT2D eigenvalue weighted by molar-refractivity contribution is 7.25. The van der Waals surface area contributed by atoms with E-state index in [9.17, 15) is 14.4 Å². The maximum absolute atomic E-state index is 13.4. The Bertz CT molecular complexity index is 1570. The zero-order valence-corrected chi connectivity index (χ0v) is 17.7. The van der Waals surface area contributed by atoms with E-state index in [1.807, 2.05) is 37.3 Å². The first kappa shape index (κ1) is 19.8. The molecule has 6 nitrogen and oxygen atoms in total. The average molecular weight is 442 g/mol. The van der Waals surface area contributed by atoms with Gasteiger partial charge in [0, 0.05) is 16.5 Å². The van der Waals surface area contributed by atoms with Crippen LogP contribution in [0, 0.1) is 17.1 Å². The minimum Gasteiger partial charge on any atom is -0.477 e. The van der Waals surface area contributed by atoms with Crippen molar-refractivity contribution < 1.29 is 9.13 Å². The average Bonchev–Trinajstić information content (AvgIpc) is 3.18. The molecule has 0 amide bonds. The molecule has 8 heteroatoms. The van der Waals surface area contributed by atoms with Crippen LogP contribution in [0.15, 0.2) is 59.4 Å². The lowest BCUT2D eigenvalue weighted by atomic mass is 9.98. The van der Waals surface area contributed by atoms with Crippen molar-refractivity contribution >= 4 is 31.8 Å². The molecule has 0 saturated heterocycles. The number of nitrogens with one attached hydrogen (secondary N) is 1. The largest absolute Gasteiger partial charge is 0.477 e. The highest BCUT2D eigenvalue weighted by atomic mass is 32.1. The third-order valence-electron chi connectivity index (χ3n) is 5.02. The van der Waals surface area contributed by atoms with Crippen LogP contribution in [0.2, 0.25) is 0 Å². The molecule has 32 heavy (non-hydrogen) atoms. The molecule has 5 aromatic rings. The topological polar surface area (TPSA) is 91.7 Å². The van der Waals surface area contributed by atoms with Crippen molar-refractivity contribution in [1.29, 1.82) is 5.26 Å². The molecule has 0 aliphatic heterocycles. The predicted octanol–water partition coefficient (Wildman–Crippen LogP) is 5.28. The van der Waals surface area contributed by atoms with E-state index in [1.54, 1.807) is 12.1 Å². The lowest BCUT2D eigenvalue weighted by Gasteiger charge is -2.11. The van der Waals surface area contributed by atoms with Gasteiger partial charge in [0.05, 0.1) is 12.1 Å². The van der Waals surface area contributed by atoms with Gasteiger partial charge in [0.2, 0.25) is 5.88 Å². The SMILES string of the molecule is CCOc1nc2sc3c(=O)[nH]c(-c4ccc(F)cc4)nc3c2c(-c2ccccc2)c1C#N. The van der Waals surface area contributed by atoms with Crippen molar-refractivity contribution in [2.45, 2.75) is 6.92 Å². The quantitative estimate of drug-likeness (QED) is 0.409. The zero-order valence-electron chi connectivity index (χ0n) is 16.8. The first-order chi connectivity index (χ1) is 15.6. The van der Waals surface area contributed by atoms with Gasteiger partial charge < -0.3 is 9.72 Å². The number of pyridine rings is 1. The molecule has 0 aliphatic carbocycles. The maximum atomic E-state index is 13.4. The van der Waals surface area contributed by atoms with Crippen LogP contribution in [0.25, 0.3) is 42.9 Å². The molecule has 2 aromatic carbocycles. The van der Waals surface area contributed by atoms with E-state index in [2.05, 4.69) is 16.0 Å². The van der Waals surface area contributed by atoms with Crippen LogP contribution in [0.5, 0.6) is 5.88 Å². The van der Waals surface area contributed by atoms with Crippen molar-refractivity contribution in [3.63, 3.8) is 0 Å². The number of nitrogens with zero attached hydrogens (tertiary/aromatic N) is 3. The van der Waals surface area contributed by atoms with Gasteiger partial charge in [-0.1, -0.05) is 30.3 Å². The summed E-state index contributed by atoms with van der Waals surface area (Å²) in [6.45, 7) is 2.17. The van der Waals surface area contributed by atoms with Gasteiger partial charge in [-0.15, -0.1) is 11.3 Å². The van der Waals surface area contributed by atoms with E-state index in [-0.39, 0.29) is 22.8 Å². The second-order valence-electron chi connectivity index (χ2n) is 6.96. The van der Waals surface area contributed by atoms with Gasteiger partial charge in [0.1, 0.15) is 32.8 Å². The highest BCUT2D eigenvalue weighted by Gasteiger charge is 2.23. The number of hydrogen-bond donors (Lipinski definition) is 1. The van der Waals surface area contributed by atoms with E-state index >= 15 is 0 Å². The lowest BCUT2D eigenvalue weighted by Crippen LogP contribution is -2.07. The number of halogens is 1. The van der Waals surface area contributed by atoms with Crippen LogP contribution < -0.4 is 10.3 Å². The van der Waals surface area contributed by atoms with Gasteiger partial charge in [-0.05, 0) is 36.8 Å². The molecule has 3 aromatic heterocycles. The predicted molar refractivity (Wildman–Crippen MR) is 122 cm³/mol. The molecule has 0 unspecified atom stereocenters.